The Morgan fingerprint density at radius 2 is 1.70 bits per heavy atom. The minimum absolute atomic E-state index is 0.134. The topological polar surface area (TPSA) is 58.6 Å². The second-order valence-corrected chi connectivity index (χ2v) is 8.25. The Morgan fingerprint density at radius 1 is 1.07 bits per heavy atom. The van der Waals surface area contributed by atoms with Crippen molar-refractivity contribution in [1.82, 2.24) is 10.2 Å². The zero-order valence-corrected chi connectivity index (χ0v) is 18.9. The summed E-state index contributed by atoms with van der Waals surface area (Å²) >= 11 is 5.99. The van der Waals surface area contributed by atoms with Crippen molar-refractivity contribution >= 4 is 23.4 Å². The van der Waals surface area contributed by atoms with Gasteiger partial charge >= 0.3 is 0 Å². The number of halogens is 1. The molecular weight excluding hydrogens is 400 g/mol. The summed E-state index contributed by atoms with van der Waals surface area (Å²) in [5, 5.41) is 3.57. The fourth-order valence-electron chi connectivity index (χ4n) is 2.99. The van der Waals surface area contributed by atoms with Crippen LogP contribution in [0.15, 0.2) is 48.5 Å². The number of aryl methyl sites for hydroxylation is 1. The SMILES string of the molecule is CC[C@@H](C(=O)NCC(C)C)N(Cc1ccc(Cl)cc1)C(=O)COc1ccc(C)cc1. The van der Waals surface area contributed by atoms with Gasteiger partial charge in [-0.2, -0.15) is 0 Å². The summed E-state index contributed by atoms with van der Waals surface area (Å²) in [7, 11) is 0. The molecule has 0 heterocycles. The van der Waals surface area contributed by atoms with Crippen molar-refractivity contribution in [3.63, 3.8) is 0 Å². The highest BCUT2D eigenvalue weighted by Gasteiger charge is 2.29. The zero-order valence-electron chi connectivity index (χ0n) is 18.2. The number of amides is 2. The van der Waals surface area contributed by atoms with E-state index < -0.39 is 6.04 Å². The van der Waals surface area contributed by atoms with Gasteiger partial charge in [0.05, 0.1) is 0 Å². The minimum Gasteiger partial charge on any atom is -0.484 e. The maximum absolute atomic E-state index is 13.1. The number of nitrogens with zero attached hydrogens (tertiary/aromatic N) is 1. The van der Waals surface area contributed by atoms with Gasteiger partial charge in [-0.3, -0.25) is 9.59 Å². The molecule has 0 saturated carbocycles. The molecule has 1 N–H and O–H groups in total. The smallest absolute Gasteiger partial charge is 0.261 e. The summed E-state index contributed by atoms with van der Waals surface area (Å²) in [6.07, 6.45) is 0.508. The molecule has 0 fully saturated rings. The van der Waals surface area contributed by atoms with Crippen LogP contribution in [-0.2, 0) is 16.1 Å². The Kier molecular flexibility index (Phi) is 9.18. The lowest BCUT2D eigenvalue weighted by Gasteiger charge is -2.30. The molecule has 0 aliphatic heterocycles. The van der Waals surface area contributed by atoms with Gasteiger partial charge in [0.1, 0.15) is 11.8 Å². The molecule has 0 radical (unpaired) electrons. The van der Waals surface area contributed by atoms with Gasteiger partial charge in [0.25, 0.3) is 5.91 Å². The van der Waals surface area contributed by atoms with E-state index in [0.717, 1.165) is 11.1 Å². The predicted octanol–water partition coefficient (Wildman–Crippen LogP) is 4.61. The average molecular weight is 431 g/mol. The maximum atomic E-state index is 13.1. The molecule has 6 heteroatoms. The van der Waals surface area contributed by atoms with Crippen LogP contribution in [-0.4, -0.2) is 35.9 Å². The Labute approximate surface area is 184 Å². The van der Waals surface area contributed by atoms with Crippen LogP contribution in [0.25, 0.3) is 0 Å². The summed E-state index contributed by atoms with van der Waals surface area (Å²) in [6.45, 7) is 8.71. The number of carbonyl (C=O) groups is 2. The van der Waals surface area contributed by atoms with Gasteiger partial charge in [0, 0.05) is 18.1 Å². The summed E-state index contributed by atoms with van der Waals surface area (Å²) in [4.78, 5) is 27.5. The molecule has 0 bridgehead atoms. The highest BCUT2D eigenvalue weighted by Crippen LogP contribution is 2.17. The average Bonchev–Trinajstić information content (AvgIpc) is 2.72. The van der Waals surface area contributed by atoms with Gasteiger partial charge in [0.2, 0.25) is 5.91 Å². The maximum Gasteiger partial charge on any atom is 0.261 e. The molecule has 0 spiro atoms. The molecule has 2 aromatic carbocycles. The fraction of sp³-hybridized carbons (Fsp3) is 0.417. The number of hydrogen-bond acceptors (Lipinski definition) is 3. The molecule has 0 aromatic heterocycles. The van der Waals surface area contributed by atoms with E-state index in [0.29, 0.717) is 36.2 Å². The lowest BCUT2D eigenvalue weighted by Crippen LogP contribution is -2.50. The van der Waals surface area contributed by atoms with Crippen LogP contribution in [0.1, 0.15) is 38.3 Å². The van der Waals surface area contributed by atoms with Gasteiger partial charge in [-0.25, -0.2) is 0 Å². The van der Waals surface area contributed by atoms with Crippen molar-refractivity contribution < 1.29 is 14.3 Å². The van der Waals surface area contributed by atoms with Gasteiger partial charge in [-0.1, -0.05) is 62.2 Å². The van der Waals surface area contributed by atoms with E-state index in [2.05, 4.69) is 5.32 Å². The molecule has 0 saturated heterocycles. The van der Waals surface area contributed by atoms with E-state index in [9.17, 15) is 9.59 Å². The Morgan fingerprint density at radius 3 is 2.27 bits per heavy atom. The lowest BCUT2D eigenvalue weighted by molar-refractivity contribution is -0.143. The summed E-state index contributed by atoms with van der Waals surface area (Å²) < 4.78 is 5.69. The normalized spacial score (nSPS) is 11.8. The highest BCUT2D eigenvalue weighted by molar-refractivity contribution is 6.30. The van der Waals surface area contributed by atoms with Crippen LogP contribution in [0.2, 0.25) is 5.02 Å². The molecule has 0 unspecified atom stereocenters. The Balaban J connectivity index is 2.17. The lowest BCUT2D eigenvalue weighted by atomic mass is 10.1. The number of benzene rings is 2. The van der Waals surface area contributed by atoms with Gasteiger partial charge in [-0.15, -0.1) is 0 Å². The molecule has 1 atom stereocenters. The van der Waals surface area contributed by atoms with E-state index in [1.165, 1.54) is 0 Å². The van der Waals surface area contributed by atoms with Crippen molar-refractivity contribution in [2.45, 2.75) is 46.7 Å². The van der Waals surface area contributed by atoms with Crippen LogP contribution in [0.4, 0.5) is 0 Å². The van der Waals surface area contributed by atoms with Crippen LogP contribution in [0, 0.1) is 12.8 Å². The van der Waals surface area contributed by atoms with Crippen molar-refractivity contribution in [2.24, 2.45) is 5.92 Å². The zero-order chi connectivity index (χ0) is 22.1. The number of nitrogens with one attached hydrogen (secondary N) is 1. The van der Waals surface area contributed by atoms with E-state index >= 15 is 0 Å². The van der Waals surface area contributed by atoms with Crippen molar-refractivity contribution in [3.05, 3.63) is 64.7 Å². The van der Waals surface area contributed by atoms with Crippen LogP contribution in [0.5, 0.6) is 5.75 Å². The van der Waals surface area contributed by atoms with Gasteiger partial charge in [-0.05, 0) is 49.1 Å². The summed E-state index contributed by atoms with van der Waals surface area (Å²) in [6, 6.07) is 14.2. The number of carbonyl (C=O) groups excluding carboxylic acids is 2. The van der Waals surface area contributed by atoms with E-state index in [1.807, 2.05) is 64.1 Å². The summed E-state index contributed by atoms with van der Waals surface area (Å²) in [5.74, 6) is 0.565. The Hall–Kier alpha value is -2.53. The second kappa shape index (κ2) is 11.6. The first-order chi connectivity index (χ1) is 14.3. The first-order valence-corrected chi connectivity index (χ1v) is 10.7. The predicted molar refractivity (Wildman–Crippen MR) is 121 cm³/mol. The fourth-order valence-corrected chi connectivity index (χ4v) is 3.12. The monoisotopic (exact) mass is 430 g/mol. The van der Waals surface area contributed by atoms with Crippen LogP contribution < -0.4 is 10.1 Å². The molecule has 2 rings (SSSR count). The van der Waals surface area contributed by atoms with Crippen molar-refractivity contribution in [2.75, 3.05) is 13.2 Å². The van der Waals surface area contributed by atoms with Crippen LogP contribution in [0.3, 0.4) is 0 Å². The quantitative estimate of drug-likeness (QED) is 0.598. The van der Waals surface area contributed by atoms with E-state index in [1.54, 1.807) is 17.0 Å². The molecule has 0 aliphatic rings. The molecule has 5 nitrogen and oxygen atoms in total. The molecule has 30 heavy (non-hydrogen) atoms. The molecule has 2 aromatic rings. The number of hydrogen-bond donors (Lipinski definition) is 1. The third-order valence-corrected chi connectivity index (χ3v) is 4.97. The van der Waals surface area contributed by atoms with E-state index in [4.69, 9.17) is 16.3 Å². The number of rotatable bonds is 10. The third-order valence-electron chi connectivity index (χ3n) is 4.72. The number of ether oxygens (including phenoxy) is 1. The van der Waals surface area contributed by atoms with Crippen molar-refractivity contribution in [3.8, 4) is 5.75 Å². The molecular formula is C24H31ClN2O3. The largest absolute Gasteiger partial charge is 0.484 e. The minimum atomic E-state index is -0.575. The highest BCUT2D eigenvalue weighted by atomic mass is 35.5. The second-order valence-electron chi connectivity index (χ2n) is 7.81. The first kappa shape index (κ1) is 23.7. The van der Waals surface area contributed by atoms with E-state index in [-0.39, 0.29) is 18.4 Å². The standard InChI is InChI=1S/C24H31ClN2O3/c1-5-22(24(29)26-14-17(2)3)27(15-19-8-10-20(25)11-9-19)23(28)16-30-21-12-6-18(4)7-13-21/h6-13,17,22H,5,14-16H2,1-4H3,(H,26,29)/t22-/m0/s1. The molecule has 2 amide bonds. The van der Waals surface area contributed by atoms with Gasteiger partial charge < -0.3 is 15.0 Å². The molecule has 0 aliphatic carbocycles. The third kappa shape index (κ3) is 7.38. The Bertz CT molecular complexity index is 819. The van der Waals surface area contributed by atoms with Gasteiger partial charge in [0.15, 0.2) is 6.61 Å². The first-order valence-electron chi connectivity index (χ1n) is 10.3. The van der Waals surface area contributed by atoms with Crippen molar-refractivity contribution in [1.29, 1.82) is 0 Å². The summed E-state index contributed by atoms with van der Waals surface area (Å²) in [5.41, 5.74) is 2.02. The molecule has 162 valence electrons. The van der Waals surface area contributed by atoms with Crippen LogP contribution >= 0.6 is 11.6 Å².